The average Bonchev–Trinajstić information content (AvgIpc) is 3.04. The predicted molar refractivity (Wildman–Crippen MR) is 90.7 cm³/mol. The molecule has 0 bridgehead atoms. The van der Waals surface area contributed by atoms with Crippen LogP contribution < -0.4 is 22.3 Å². The fraction of sp³-hybridized carbons (Fsp3) is 0.625. The van der Waals surface area contributed by atoms with E-state index in [-0.39, 0.29) is 6.61 Å². The Kier molecular flexibility index (Phi) is 7.38. The molecular weight excluding hydrogens is 312 g/mol. The molecule has 0 unspecified atom stereocenters. The number of unbranched alkanes of at least 4 members (excludes halogenated alkanes) is 3. The van der Waals surface area contributed by atoms with E-state index in [1.807, 2.05) is 0 Å². The second-order valence-electron chi connectivity index (χ2n) is 5.83. The maximum atomic E-state index is 12.0. The number of aromatic nitrogens is 2. The number of aliphatic hydroxyl groups excluding tert-OH is 1. The van der Waals surface area contributed by atoms with Crippen molar-refractivity contribution in [2.75, 3.05) is 19.7 Å². The maximum Gasteiger partial charge on any atom is 0.330 e. The van der Waals surface area contributed by atoms with Gasteiger partial charge in [-0.3, -0.25) is 14.3 Å². The Morgan fingerprint density at radius 2 is 2.04 bits per heavy atom. The fourth-order valence-corrected chi connectivity index (χ4v) is 2.56. The third-order valence-electron chi connectivity index (χ3n) is 3.92. The molecule has 0 spiro atoms. The molecular formula is C16H26N4O4. The van der Waals surface area contributed by atoms with Crippen LogP contribution in [0.5, 0.6) is 0 Å². The van der Waals surface area contributed by atoms with Crippen LogP contribution in [0.4, 0.5) is 0 Å². The van der Waals surface area contributed by atoms with Crippen LogP contribution in [0.3, 0.4) is 0 Å². The standard InChI is InChI=1S/C16H26N4O4/c17-7-3-1-2-4-8-18-9-12-10-20(16(23)19-15(12)22)14-6-5-13(11-21)24-14/h5-6,10,13-14,18,21H,1-4,7-9,11,17H2,(H,19,22,23)/t13-,14+/m0/s1. The van der Waals surface area contributed by atoms with Gasteiger partial charge >= 0.3 is 5.69 Å². The van der Waals surface area contributed by atoms with E-state index in [4.69, 9.17) is 15.6 Å². The molecule has 0 saturated heterocycles. The van der Waals surface area contributed by atoms with E-state index >= 15 is 0 Å². The number of hydrogen-bond donors (Lipinski definition) is 4. The second-order valence-corrected chi connectivity index (χ2v) is 5.83. The van der Waals surface area contributed by atoms with E-state index in [0.29, 0.717) is 12.1 Å². The molecule has 24 heavy (non-hydrogen) atoms. The lowest BCUT2D eigenvalue weighted by Gasteiger charge is -2.15. The Morgan fingerprint density at radius 1 is 1.25 bits per heavy atom. The van der Waals surface area contributed by atoms with E-state index < -0.39 is 23.6 Å². The summed E-state index contributed by atoms with van der Waals surface area (Å²) in [5.41, 5.74) is 5.00. The van der Waals surface area contributed by atoms with Gasteiger partial charge in [-0.25, -0.2) is 4.79 Å². The van der Waals surface area contributed by atoms with Crippen LogP contribution in [0.25, 0.3) is 0 Å². The minimum absolute atomic E-state index is 0.149. The number of H-pyrrole nitrogens is 1. The first-order chi connectivity index (χ1) is 11.7. The number of rotatable bonds is 10. The normalized spacial score (nSPS) is 19.9. The van der Waals surface area contributed by atoms with Gasteiger partial charge in [-0.2, -0.15) is 0 Å². The van der Waals surface area contributed by atoms with Crippen LogP contribution >= 0.6 is 0 Å². The van der Waals surface area contributed by atoms with Gasteiger partial charge in [-0.1, -0.05) is 18.9 Å². The minimum Gasteiger partial charge on any atom is -0.393 e. The SMILES string of the molecule is NCCCCCCNCc1cn([C@H]2C=C[C@@H](CO)O2)c(=O)[nH]c1=O. The summed E-state index contributed by atoms with van der Waals surface area (Å²) in [4.78, 5) is 26.2. The molecule has 0 radical (unpaired) electrons. The van der Waals surface area contributed by atoms with Crippen molar-refractivity contribution in [2.45, 2.75) is 44.6 Å². The summed E-state index contributed by atoms with van der Waals surface area (Å²) in [6.45, 7) is 1.75. The van der Waals surface area contributed by atoms with Gasteiger partial charge in [-0.15, -0.1) is 0 Å². The largest absolute Gasteiger partial charge is 0.393 e. The number of nitrogens with zero attached hydrogens (tertiary/aromatic N) is 1. The molecule has 0 fully saturated rings. The fourth-order valence-electron chi connectivity index (χ4n) is 2.56. The molecule has 0 amide bonds. The van der Waals surface area contributed by atoms with Crippen molar-refractivity contribution in [1.29, 1.82) is 0 Å². The zero-order chi connectivity index (χ0) is 17.4. The van der Waals surface area contributed by atoms with Crippen LogP contribution in [0.15, 0.2) is 27.9 Å². The number of ether oxygens (including phenoxy) is 1. The number of aliphatic hydroxyl groups is 1. The smallest absolute Gasteiger partial charge is 0.330 e. The quantitative estimate of drug-likeness (QED) is 0.340. The molecule has 0 aromatic carbocycles. The van der Waals surface area contributed by atoms with Gasteiger partial charge < -0.3 is 20.9 Å². The molecule has 2 atom stereocenters. The van der Waals surface area contributed by atoms with Crippen molar-refractivity contribution in [1.82, 2.24) is 14.9 Å². The second kappa shape index (κ2) is 9.53. The molecule has 134 valence electrons. The van der Waals surface area contributed by atoms with Crippen molar-refractivity contribution in [2.24, 2.45) is 5.73 Å². The number of aromatic amines is 1. The number of hydrogen-bond acceptors (Lipinski definition) is 6. The van der Waals surface area contributed by atoms with Gasteiger partial charge in [0, 0.05) is 18.3 Å². The van der Waals surface area contributed by atoms with Gasteiger partial charge in [-0.05, 0) is 32.0 Å². The first-order valence-electron chi connectivity index (χ1n) is 8.35. The van der Waals surface area contributed by atoms with E-state index in [9.17, 15) is 9.59 Å². The lowest BCUT2D eigenvalue weighted by atomic mass is 10.2. The van der Waals surface area contributed by atoms with Crippen LogP contribution in [0.1, 0.15) is 37.5 Å². The Morgan fingerprint density at radius 3 is 2.75 bits per heavy atom. The summed E-state index contributed by atoms with van der Waals surface area (Å²) in [6.07, 6.45) is 8.13. The highest BCUT2D eigenvalue weighted by Gasteiger charge is 2.21. The minimum atomic E-state index is -0.610. The lowest BCUT2D eigenvalue weighted by Crippen LogP contribution is -2.35. The molecule has 8 nitrogen and oxygen atoms in total. The van der Waals surface area contributed by atoms with E-state index in [1.54, 1.807) is 12.2 Å². The highest BCUT2D eigenvalue weighted by atomic mass is 16.5. The van der Waals surface area contributed by atoms with Crippen molar-refractivity contribution in [3.05, 3.63) is 44.8 Å². The Balaban J connectivity index is 1.91. The Hall–Kier alpha value is -1.74. The van der Waals surface area contributed by atoms with E-state index in [2.05, 4.69) is 10.3 Å². The van der Waals surface area contributed by atoms with Gasteiger partial charge in [0.2, 0.25) is 0 Å². The first kappa shape index (κ1) is 18.6. The molecule has 8 heteroatoms. The maximum absolute atomic E-state index is 12.0. The monoisotopic (exact) mass is 338 g/mol. The Labute approximate surface area is 140 Å². The average molecular weight is 338 g/mol. The topological polar surface area (TPSA) is 122 Å². The molecule has 2 heterocycles. The Bertz CT molecular complexity index is 652. The molecule has 1 aromatic heterocycles. The van der Waals surface area contributed by atoms with E-state index in [1.165, 1.54) is 10.8 Å². The predicted octanol–water partition coefficient (Wildman–Crippen LogP) is -0.409. The molecule has 2 rings (SSSR count). The lowest BCUT2D eigenvalue weighted by molar-refractivity contribution is -0.0104. The van der Waals surface area contributed by atoms with Crippen LogP contribution in [0, 0.1) is 0 Å². The molecule has 1 aliphatic heterocycles. The summed E-state index contributed by atoms with van der Waals surface area (Å²) in [6, 6.07) is 0. The summed E-state index contributed by atoms with van der Waals surface area (Å²) in [7, 11) is 0. The first-order valence-corrected chi connectivity index (χ1v) is 8.35. The van der Waals surface area contributed by atoms with Gasteiger partial charge in [0.1, 0.15) is 6.10 Å². The number of nitrogens with two attached hydrogens (primary N) is 1. The third kappa shape index (κ3) is 5.13. The van der Waals surface area contributed by atoms with Crippen molar-refractivity contribution in [3.8, 4) is 0 Å². The third-order valence-corrected chi connectivity index (χ3v) is 3.92. The molecule has 1 aliphatic rings. The van der Waals surface area contributed by atoms with Crippen LogP contribution in [0.2, 0.25) is 0 Å². The molecule has 0 saturated carbocycles. The van der Waals surface area contributed by atoms with Gasteiger partial charge in [0.25, 0.3) is 5.56 Å². The van der Waals surface area contributed by atoms with Gasteiger partial charge in [0.05, 0.1) is 6.61 Å². The molecule has 1 aromatic rings. The molecule has 0 aliphatic carbocycles. The van der Waals surface area contributed by atoms with Crippen LogP contribution in [-0.4, -0.2) is 40.5 Å². The zero-order valence-electron chi connectivity index (χ0n) is 13.7. The van der Waals surface area contributed by atoms with Crippen molar-refractivity contribution < 1.29 is 9.84 Å². The summed E-state index contributed by atoms with van der Waals surface area (Å²) < 4.78 is 6.83. The molecule has 5 N–H and O–H groups in total. The highest BCUT2D eigenvalue weighted by molar-refractivity contribution is 5.08. The van der Waals surface area contributed by atoms with Crippen molar-refractivity contribution in [3.63, 3.8) is 0 Å². The summed E-state index contributed by atoms with van der Waals surface area (Å²) in [5.74, 6) is 0. The van der Waals surface area contributed by atoms with Crippen LogP contribution in [-0.2, 0) is 11.3 Å². The van der Waals surface area contributed by atoms with E-state index in [0.717, 1.165) is 38.8 Å². The highest BCUT2D eigenvalue weighted by Crippen LogP contribution is 2.18. The van der Waals surface area contributed by atoms with Gasteiger partial charge in [0.15, 0.2) is 6.23 Å². The van der Waals surface area contributed by atoms with Crippen molar-refractivity contribution >= 4 is 0 Å². The number of nitrogens with one attached hydrogen (secondary N) is 2. The summed E-state index contributed by atoms with van der Waals surface area (Å²) in [5, 5.41) is 12.3. The summed E-state index contributed by atoms with van der Waals surface area (Å²) >= 11 is 0. The zero-order valence-corrected chi connectivity index (χ0v) is 13.7.